The Morgan fingerprint density at radius 3 is 2.50 bits per heavy atom. The summed E-state index contributed by atoms with van der Waals surface area (Å²) in [4.78, 5) is 0. The number of hydrazine groups is 1. The minimum Gasteiger partial charge on any atom is -0.271 e. The zero-order valence-corrected chi connectivity index (χ0v) is 12.7. The lowest BCUT2D eigenvalue weighted by Gasteiger charge is -2.17. The average Bonchev–Trinajstić information content (AvgIpc) is 2.43. The lowest BCUT2D eigenvalue weighted by atomic mass is 9.99. The van der Waals surface area contributed by atoms with E-state index in [9.17, 15) is 8.78 Å². The average molecular weight is 362 g/mol. The number of nitrogens with one attached hydrogen (secondary N) is 1. The van der Waals surface area contributed by atoms with Crippen LogP contribution in [0.2, 0.25) is 5.02 Å². The van der Waals surface area contributed by atoms with E-state index in [2.05, 4.69) is 21.4 Å². The van der Waals surface area contributed by atoms with Gasteiger partial charge in [0.15, 0.2) is 0 Å². The fraction of sp³-hybridized carbons (Fsp3) is 0.143. The van der Waals surface area contributed by atoms with Crippen LogP contribution in [0.4, 0.5) is 8.78 Å². The van der Waals surface area contributed by atoms with Crippen LogP contribution in [0.15, 0.2) is 40.9 Å². The van der Waals surface area contributed by atoms with Crippen LogP contribution in [0.1, 0.15) is 17.2 Å². The Balaban J connectivity index is 2.28. The molecule has 0 aliphatic carbocycles. The molecule has 6 heteroatoms. The summed E-state index contributed by atoms with van der Waals surface area (Å²) in [6, 6.07) is 8.59. The molecule has 0 fully saturated rings. The van der Waals surface area contributed by atoms with Gasteiger partial charge in [0.25, 0.3) is 0 Å². The number of nitrogens with two attached hydrogens (primary N) is 1. The molecule has 0 aliphatic heterocycles. The Morgan fingerprint density at radius 2 is 1.85 bits per heavy atom. The van der Waals surface area contributed by atoms with Crippen molar-refractivity contribution >= 4 is 27.5 Å². The molecular weight excluding hydrogens is 350 g/mol. The second-order valence-electron chi connectivity index (χ2n) is 4.34. The largest absolute Gasteiger partial charge is 0.271 e. The normalized spacial score (nSPS) is 12.4. The van der Waals surface area contributed by atoms with Crippen LogP contribution in [-0.4, -0.2) is 0 Å². The Bertz CT molecular complexity index is 622. The zero-order valence-electron chi connectivity index (χ0n) is 10.3. The van der Waals surface area contributed by atoms with Crippen LogP contribution in [0, 0.1) is 11.6 Å². The molecule has 0 radical (unpaired) electrons. The van der Waals surface area contributed by atoms with Gasteiger partial charge in [0.1, 0.15) is 11.6 Å². The first-order valence-corrected chi connectivity index (χ1v) is 7.03. The number of hydrogen-bond donors (Lipinski definition) is 2. The van der Waals surface area contributed by atoms with Crippen LogP contribution >= 0.6 is 27.5 Å². The van der Waals surface area contributed by atoms with Gasteiger partial charge in [-0.2, -0.15) is 0 Å². The number of rotatable bonds is 4. The maximum absolute atomic E-state index is 13.9. The minimum atomic E-state index is -0.485. The molecule has 20 heavy (non-hydrogen) atoms. The third-order valence-corrected chi connectivity index (χ3v) is 3.74. The zero-order chi connectivity index (χ0) is 14.7. The molecular formula is C14H12BrClF2N2. The molecule has 0 heterocycles. The van der Waals surface area contributed by atoms with Crippen molar-refractivity contribution < 1.29 is 8.78 Å². The standard InChI is InChI=1S/C14H12BrClF2N2/c15-9-2-4-12(17)10(7-9)14(20-19)6-8-1-3-13(18)11(16)5-8/h1-5,7,14,20H,6,19H2. The van der Waals surface area contributed by atoms with Crippen molar-refractivity contribution in [3.63, 3.8) is 0 Å². The molecule has 0 aliphatic rings. The highest BCUT2D eigenvalue weighted by Crippen LogP contribution is 2.25. The first-order valence-electron chi connectivity index (χ1n) is 5.86. The van der Waals surface area contributed by atoms with Gasteiger partial charge >= 0.3 is 0 Å². The molecule has 2 rings (SSSR count). The van der Waals surface area contributed by atoms with Crippen molar-refractivity contribution in [1.29, 1.82) is 0 Å². The van der Waals surface area contributed by atoms with Crippen LogP contribution in [-0.2, 0) is 6.42 Å². The van der Waals surface area contributed by atoms with E-state index in [1.807, 2.05) is 0 Å². The summed E-state index contributed by atoms with van der Waals surface area (Å²) >= 11 is 9.03. The predicted octanol–water partition coefficient (Wildman–Crippen LogP) is 4.13. The summed E-state index contributed by atoms with van der Waals surface area (Å²) in [5, 5.41) is 0.0352. The van der Waals surface area contributed by atoms with E-state index in [-0.39, 0.29) is 10.8 Å². The topological polar surface area (TPSA) is 38.0 Å². The Hall–Kier alpha value is -1.01. The van der Waals surface area contributed by atoms with E-state index in [1.54, 1.807) is 18.2 Å². The van der Waals surface area contributed by atoms with Crippen molar-refractivity contribution in [3.05, 3.63) is 68.7 Å². The van der Waals surface area contributed by atoms with E-state index in [1.165, 1.54) is 18.2 Å². The van der Waals surface area contributed by atoms with E-state index < -0.39 is 11.9 Å². The van der Waals surface area contributed by atoms with Gasteiger partial charge in [-0.15, -0.1) is 0 Å². The summed E-state index contributed by atoms with van der Waals surface area (Å²) in [7, 11) is 0. The summed E-state index contributed by atoms with van der Waals surface area (Å²) < 4.78 is 27.7. The van der Waals surface area contributed by atoms with E-state index >= 15 is 0 Å². The van der Waals surface area contributed by atoms with Crippen molar-refractivity contribution in [2.75, 3.05) is 0 Å². The van der Waals surface area contributed by atoms with Gasteiger partial charge in [-0.05, 0) is 42.3 Å². The molecule has 0 bridgehead atoms. The van der Waals surface area contributed by atoms with Gasteiger partial charge in [0.2, 0.25) is 0 Å². The van der Waals surface area contributed by atoms with E-state index in [0.717, 1.165) is 10.0 Å². The van der Waals surface area contributed by atoms with Gasteiger partial charge in [0, 0.05) is 10.0 Å². The molecule has 0 amide bonds. The summed E-state index contributed by atoms with van der Waals surface area (Å²) in [6.07, 6.45) is 0.393. The van der Waals surface area contributed by atoms with Crippen LogP contribution in [0.25, 0.3) is 0 Å². The van der Waals surface area contributed by atoms with Gasteiger partial charge in [-0.25, -0.2) is 8.78 Å². The molecule has 3 N–H and O–H groups in total. The SMILES string of the molecule is NNC(Cc1ccc(F)c(Cl)c1)c1cc(Br)ccc1F. The molecule has 0 saturated heterocycles. The molecule has 2 aromatic carbocycles. The molecule has 2 nitrogen and oxygen atoms in total. The Morgan fingerprint density at radius 1 is 1.15 bits per heavy atom. The fourth-order valence-electron chi connectivity index (χ4n) is 1.94. The molecule has 0 aromatic heterocycles. The Kier molecular flexibility index (Phi) is 5.10. The lowest BCUT2D eigenvalue weighted by molar-refractivity contribution is 0.510. The van der Waals surface area contributed by atoms with Crippen molar-refractivity contribution in [3.8, 4) is 0 Å². The highest BCUT2D eigenvalue weighted by Gasteiger charge is 2.16. The first kappa shape index (κ1) is 15.4. The maximum atomic E-state index is 13.9. The molecule has 1 atom stereocenters. The van der Waals surface area contributed by atoms with Gasteiger partial charge in [-0.1, -0.05) is 33.6 Å². The lowest BCUT2D eigenvalue weighted by Crippen LogP contribution is -2.30. The van der Waals surface area contributed by atoms with Gasteiger partial charge in [-0.3, -0.25) is 11.3 Å². The van der Waals surface area contributed by atoms with E-state index in [4.69, 9.17) is 17.4 Å². The van der Waals surface area contributed by atoms with E-state index in [0.29, 0.717) is 12.0 Å². The summed E-state index contributed by atoms with van der Waals surface area (Å²) in [5.41, 5.74) is 3.77. The van der Waals surface area contributed by atoms with Gasteiger partial charge < -0.3 is 0 Å². The van der Waals surface area contributed by atoms with Crippen molar-refractivity contribution in [2.45, 2.75) is 12.5 Å². The maximum Gasteiger partial charge on any atom is 0.141 e. The smallest absolute Gasteiger partial charge is 0.141 e. The first-order chi connectivity index (χ1) is 9.51. The minimum absolute atomic E-state index is 0.0352. The highest BCUT2D eigenvalue weighted by molar-refractivity contribution is 9.10. The summed E-state index contributed by atoms with van der Waals surface area (Å²) in [6.45, 7) is 0. The predicted molar refractivity (Wildman–Crippen MR) is 79.3 cm³/mol. The number of halogens is 4. The highest BCUT2D eigenvalue weighted by atomic mass is 79.9. The third-order valence-electron chi connectivity index (χ3n) is 2.96. The fourth-order valence-corrected chi connectivity index (χ4v) is 2.52. The molecule has 1 unspecified atom stereocenters. The summed E-state index contributed by atoms with van der Waals surface area (Å²) in [5.74, 6) is 4.66. The second-order valence-corrected chi connectivity index (χ2v) is 5.66. The molecule has 0 saturated carbocycles. The molecule has 0 spiro atoms. The number of benzene rings is 2. The van der Waals surface area contributed by atoms with Crippen LogP contribution < -0.4 is 11.3 Å². The van der Waals surface area contributed by atoms with Gasteiger partial charge in [0.05, 0.1) is 11.1 Å². The second kappa shape index (κ2) is 6.63. The Labute approximate surface area is 129 Å². The monoisotopic (exact) mass is 360 g/mol. The molecule has 106 valence electrons. The van der Waals surface area contributed by atoms with Crippen molar-refractivity contribution in [1.82, 2.24) is 5.43 Å². The quantitative estimate of drug-likeness (QED) is 0.635. The molecule has 2 aromatic rings. The van der Waals surface area contributed by atoms with Crippen molar-refractivity contribution in [2.24, 2.45) is 5.84 Å². The van der Waals surface area contributed by atoms with Crippen LogP contribution in [0.3, 0.4) is 0 Å². The van der Waals surface area contributed by atoms with Crippen LogP contribution in [0.5, 0.6) is 0 Å². The number of hydrogen-bond acceptors (Lipinski definition) is 2. The third kappa shape index (κ3) is 3.55.